The lowest BCUT2D eigenvalue weighted by Crippen LogP contribution is -2.43. The fourth-order valence-corrected chi connectivity index (χ4v) is 2.55. The van der Waals surface area contributed by atoms with Crippen LogP contribution >= 0.6 is 0 Å². The number of hydrogen-bond acceptors (Lipinski definition) is 3. The number of nitrogens with one attached hydrogen (secondary N) is 1. The molecule has 1 amide bonds. The Balaban J connectivity index is 2.02. The normalized spacial score (nSPS) is 23.6. The van der Waals surface area contributed by atoms with Gasteiger partial charge in [-0.15, -0.1) is 0 Å². The lowest BCUT2D eigenvalue weighted by atomic mass is 9.85. The summed E-state index contributed by atoms with van der Waals surface area (Å²) >= 11 is 0. The summed E-state index contributed by atoms with van der Waals surface area (Å²) < 4.78 is 0. The molecule has 0 spiro atoms. The molecule has 1 aromatic carbocycles. The van der Waals surface area contributed by atoms with Crippen molar-refractivity contribution in [2.24, 2.45) is 5.92 Å². The fraction of sp³-hybridized carbons (Fsp3) is 0.500. The van der Waals surface area contributed by atoms with E-state index >= 15 is 0 Å². The van der Waals surface area contributed by atoms with Gasteiger partial charge in [-0.25, -0.2) is 0 Å². The molecule has 0 bridgehead atoms. The van der Waals surface area contributed by atoms with Gasteiger partial charge in [-0.1, -0.05) is 18.9 Å². The van der Waals surface area contributed by atoms with Crippen LogP contribution in [0.5, 0.6) is 0 Å². The molecule has 1 aliphatic rings. The number of nitrogens with two attached hydrogens (primary N) is 1. The third kappa shape index (κ3) is 3.01. The van der Waals surface area contributed by atoms with Gasteiger partial charge < -0.3 is 16.2 Å². The van der Waals surface area contributed by atoms with E-state index in [0.29, 0.717) is 11.3 Å². The van der Waals surface area contributed by atoms with Gasteiger partial charge >= 0.3 is 0 Å². The first-order valence-corrected chi connectivity index (χ1v) is 6.48. The second-order valence-corrected chi connectivity index (χ2v) is 4.93. The monoisotopic (exact) mass is 248 g/mol. The smallest absolute Gasteiger partial charge is 0.251 e. The molecule has 4 N–H and O–H groups in total. The van der Waals surface area contributed by atoms with Crippen molar-refractivity contribution >= 4 is 11.6 Å². The molecular formula is C14H20N2O2. The zero-order valence-electron chi connectivity index (χ0n) is 10.4. The van der Waals surface area contributed by atoms with Gasteiger partial charge in [0.2, 0.25) is 0 Å². The third-order valence-electron chi connectivity index (χ3n) is 3.61. The Bertz CT molecular complexity index is 420. The number of amides is 1. The van der Waals surface area contributed by atoms with Crippen molar-refractivity contribution in [2.75, 3.05) is 12.3 Å². The quantitative estimate of drug-likeness (QED) is 0.710. The second kappa shape index (κ2) is 5.87. The summed E-state index contributed by atoms with van der Waals surface area (Å²) in [6.45, 7) is 0.141. The number of hydrogen-bond donors (Lipinski definition) is 3. The molecule has 2 unspecified atom stereocenters. The third-order valence-corrected chi connectivity index (χ3v) is 3.61. The summed E-state index contributed by atoms with van der Waals surface area (Å²) in [7, 11) is 0. The first kappa shape index (κ1) is 12.9. The Morgan fingerprint density at radius 3 is 2.89 bits per heavy atom. The summed E-state index contributed by atoms with van der Waals surface area (Å²) in [6.07, 6.45) is 4.17. The van der Waals surface area contributed by atoms with Gasteiger partial charge in [-0.3, -0.25) is 4.79 Å². The van der Waals surface area contributed by atoms with E-state index in [1.54, 1.807) is 24.3 Å². The first-order chi connectivity index (χ1) is 8.70. The van der Waals surface area contributed by atoms with E-state index in [1.165, 1.54) is 0 Å². The maximum atomic E-state index is 12.1. The molecule has 1 fully saturated rings. The zero-order chi connectivity index (χ0) is 13.0. The predicted octanol–water partition coefficient (Wildman–Crippen LogP) is 1.55. The van der Waals surface area contributed by atoms with Crippen LogP contribution in [0.15, 0.2) is 24.3 Å². The van der Waals surface area contributed by atoms with Crippen molar-refractivity contribution in [1.82, 2.24) is 5.32 Å². The summed E-state index contributed by atoms with van der Waals surface area (Å²) in [5.74, 6) is 0.0800. The molecule has 2 atom stereocenters. The number of aliphatic hydroxyl groups excluding tert-OH is 1. The summed E-state index contributed by atoms with van der Waals surface area (Å²) in [4.78, 5) is 12.1. The van der Waals surface area contributed by atoms with E-state index in [0.717, 1.165) is 25.7 Å². The van der Waals surface area contributed by atoms with Crippen LogP contribution in [-0.2, 0) is 0 Å². The van der Waals surface area contributed by atoms with E-state index in [9.17, 15) is 9.90 Å². The summed E-state index contributed by atoms with van der Waals surface area (Å²) in [5.41, 5.74) is 6.83. The molecule has 0 radical (unpaired) electrons. The topological polar surface area (TPSA) is 75.4 Å². The molecule has 0 aromatic heterocycles. The molecule has 18 heavy (non-hydrogen) atoms. The van der Waals surface area contributed by atoms with Gasteiger partial charge in [0.25, 0.3) is 5.91 Å². The van der Waals surface area contributed by atoms with Gasteiger partial charge in [-0.2, -0.15) is 0 Å². The number of aliphatic hydroxyl groups is 1. The maximum absolute atomic E-state index is 12.1. The molecule has 4 nitrogen and oxygen atoms in total. The standard InChI is InChI=1S/C14H20N2O2/c15-12-6-3-5-10(8-12)14(18)16-13-7-2-1-4-11(13)9-17/h3,5-6,8,11,13,17H,1-2,4,7,9,15H2,(H,16,18). The number of carbonyl (C=O) groups excluding carboxylic acids is 1. The van der Waals surface area contributed by atoms with Crippen molar-refractivity contribution in [3.8, 4) is 0 Å². The van der Waals surface area contributed by atoms with E-state index in [-0.39, 0.29) is 24.5 Å². The molecule has 1 aliphatic carbocycles. The lowest BCUT2D eigenvalue weighted by molar-refractivity contribution is 0.0872. The van der Waals surface area contributed by atoms with Gasteiger partial charge in [-0.05, 0) is 31.0 Å². The lowest BCUT2D eigenvalue weighted by Gasteiger charge is -2.30. The van der Waals surface area contributed by atoms with Crippen LogP contribution in [0, 0.1) is 5.92 Å². The summed E-state index contributed by atoms with van der Waals surface area (Å²) in [6, 6.07) is 7.04. The largest absolute Gasteiger partial charge is 0.399 e. The van der Waals surface area contributed by atoms with Crippen LogP contribution in [0.3, 0.4) is 0 Å². The number of carbonyl (C=O) groups is 1. The zero-order valence-corrected chi connectivity index (χ0v) is 10.4. The minimum atomic E-state index is -0.104. The van der Waals surface area contributed by atoms with Crippen LogP contribution in [0.1, 0.15) is 36.0 Å². The Kier molecular flexibility index (Phi) is 4.20. The van der Waals surface area contributed by atoms with Crippen LogP contribution < -0.4 is 11.1 Å². The molecule has 0 heterocycles. The number of benzene rings is 1. The van der Waals surface area contributed by atoms with Gasteiger partial charge in [0.05, 0.1) is 0 Å². The molecule has 1 aromatic rings. The summed E-state index contributed by atoms with van der Waals surface area (Å²) in [5, 5.41) is 12.3. The Morgan fingerprint density at radius 2 is 2.17 bits per heavy atom. The van der Waals surface area contributed by atoms with E-state index in [4.69, 9.17) is 5.73 Å². The molecule has 1 saturated carbocycles. The van der Waals surface area contributed by atoms with Crippen molar-refractivity contribution < 1.29 is 9.90 Å². The molecule has 0 saturated heterocycles. The van der Waals surface area contributed by atoms with Crippen LogP contribution in [0.4, 0.5) is 5.69 Å². The predicted molar refractivity (Wildman–Crippen MR) is 71.2 cm³/mol. The van der Waals surface area contributed by atoms with E-state index < -0.39 is 0 Å². The van der Waals surface area contributed by atoms with Crippen LogP contribution in [0.2, 0.25) is 0 Å². The van der Waals surface area contributed by atoms with Crippen molar-refractivity contribution in [3.63, 3.8) is 0 Å². The van der Waals surface area contributed by atoms with Crippen molar-refractivity contribution in [3.05, 3.63) is 29.8 Å². The minimum Gasteiger partial charge on any atom is -0.399 e. The van der Waals surface area contributed by atoms with E-state index in [1.807, 2.05) is 0 Å². The molecule has 2 rings (SSSR count). The maximum Gasteiger partial charge on any atom is 0.251 e. The molecule has 98 valence electrons. The first-order valence-electron chi connectivity index (χ1n) is 6.48. The molecule has 0 aliphatic heterocycles. The van der Waals surface area contributed by atoms with Crippen LogP contribution in [-0.4, -0.2) is 23.7 Å². The highest BCUT2D eigenvalue weighted by atomic mass is 16.3. The van der Waals surface area contributed by atoms with Gasteiger partial charge in [0.15, 0.2) is 0 Å². The number of rotatable bonds is 3. The Labute approximate surface area is 107 Å². The van der Waals surface area contributed by atoms with Crippen LogP contribution in [0.25, 0.3) is 0 Å². The average molecular weight is 248 g/mol. The molecule has 4 heteroatoms. The average Bonchev–Trinajstić information content (AvgIpc) is 2.39. The second-order valence-electron chi connectivity index (χ2n) is 4.93. The number of anilines is 1. The van der Waals surface area contributed by atoms with Crippen molar-refractivity contribution in [1.29, 1.82) is 0 Å². The highest BCUT2D eigenvalue weighted by Crippen LogP contribution is 2.24. The van der Waals surface area contributed by atoms with Crippen molar-refractivity contribution in [2.45, 2.75) is 31.7 Å². The SMILES string of the molecule is Nc1cccc(C(=O)NC2CCCCC2CO)c1. The Morgan fingerprint density at radius 1 is 1.39 bits per heavy atom. The highest BCUT2D eigenvalue weighted by molar-refractivity contribution is 5.95. The van der Waals surface area contributed by atoms with Gasteiger partial charge in [0, 0.05) is 29.8 Å². The van der Waals surface area contributed by atoms with Gasteiger partial charge in [0.1, 0.15) is 0 Å². The van der Waals surface area contributed by atoms with E-state index in [2.05, 4.69) is 5.32 Å². The Hall–Kier alpha value is -1.55. The number of nitrogen functional groups attached to an aromatic ring is 1. The fourth-order valence-electron chi connectivity index (χ4n) is 2.55. The highest BCUT2D eigenvalue weighted by Gasteiger charge is 2.26. The minimum absolute atomic E-state index is 0.0812. The molecular weight excluding hydrogens is 228 g/mol.